The average Bonchev–Trinajstić information content (AvgIpc) is 2.72. The third-order valence-corrected chi connectivity index (χ3v) is 6.89. The number of piperazine rings is 1. The summed E-state index contributed by atoms with van der Waals surface area (Å²) in [5, 5.41) is 2.90. The van der Waals surface area contributed by atoms with E-state index in [9.17, 15) is 18.0 Å². The van der Waals surface area contributed by atoms with Gasteiger partial charge < -0.3 is 10.2 Å². The van der Waals surface area contributed by atoms with Crippen LogP contribution < -0.4 is 5.32 Å². The van der Waals surface area contributed by atoms with E-state index in [-0.39, 0.29) is 24.9 Å². The lowest BCUT2D eigenvalue weighted by Crippen LogP contribution is -2.69. The Balaban J connectivity index is 1.81. The van der Waals surface area contributed by atoms with Crippen molar-refractivity contribution in [2.45, 2.75) is 32.4 Å². The summed E-state index contributed by atoms with van der Waals surface area (Å²) in [5.41, 5.74) is 1.79. The lowest BCUT2D eigenvalue weighted by molar-refractivity contribution is -0.152. The predicted octanol–water partition coefficient (Wildman–Crippen LogP) is 1.72. The Hall–Kier alpha value is -2.71. The van der Waals surface area contributed by atoms with Crippen LogP contribution in [0.4, 0.5) is 0 Å². The second kappa shape index (κ2) is 9.20. The first-order chi connectivity index (χ1) is 14.6. The minimum absolute atomic E-state index is 0.0773. The van der Waals surface area contributed by atoms with Crippen molar-refractivity contribution < 1.29 is 18.0 Å². The Labute approximate surface area is 184 Å². The van der Waals surface area contributed by atoms with Crippen molar-refractivity contribution in [3.05, 3.63) is 71.3 Å². The normalized spacial score (nSPS) is 20.0. The van der Waals surface area contributed by atoms with Crippen molar-refractivity contribution in [1.29, 1.82) is 0 Å². The molecular weight excluding hydrogens is 414 g/mol. The summed E-state index contributed by atoms with van der Waals surface area (Å²) >= 11 is 0. The highest BCUT2D eigenvalue weighted by molar-refractivity contribution is 7.88. The van der Waals surface area contributed by atoms with Gasteiger partial charge in [-0.15, -0.1) is 0 Å². The first-order valence-corrected chi connectivity index (χ1v) is 12.1. The molecule has 2 amide bonds. The van der Waals surface area contributed by atoms with Gasteiger partial charge in [0.15, 0.2) is 0 Å². The maximum absolute atomic E-state index is 13.3. The zero-order chi connectivity index (χ0) is 22.6. The van der Waals surface area contributed by atoms with Crippen molar-refractivity contribution >= 4 is 21.8 Å². The first kappa shape index (κ1) is 23.0. The molecular formula is C23H29N3O4S. The molecule has 0 aliphatic carbocycles. The molecule has 1 atom stereocenters. The molecule has 1 N–H and O–H groups in total. The van der Waals surface area contributed by atoms with Crippen molar-refractivity contribution in [1.82, 2.24) is 14.5 Å². The first-order valence-electron chi connectivity index (χ1n) is 10.2. The van der Waals surface area contributed by atoms with Gasteiger partial charge in [0.1, 0.15) is 5.54 Å². The van der Waals surface area contributed by atoms with E-state index in [0.717, 1.165) is 27.3 Å². The smallest absolute Gasteiger partial charge is 0.247 e. The van der Waals surface area contributed by atoms with Crippen LogP contribution in [0.25, 0.3) is 0 Å². The molecule has 0 bridgehead atoms. The molecule has 2 aromatic rings. The molecule has 8 heteroatoms. The number of aryl methyl sites for hydroxylation is 1. The zero-order valence-corrected chi connectivity index (χ0v) is 19.0. The fourth-order valence-electron chi connectivity index (χ4n) is 3.76. The highest BCUT2D eigenvalue weighted by Gasteiger charge is 2.49. The average molecular weight is 444 g/mol. The van der Waals surface area contributed by atoms with Gasteiger partial charge in [0.25, 0.3) is 0 Å². The van der Waals surface area contributed by atoms with E-state index < -0.39 is 15.6 Å². The third kappa shape index (κ3) is 5.51. The van der Waals surface area contributed by atoms with E-state index in [1.54, 1.807) is 6.92 Å². The summed E-state index contributed by atoms with van der Waals surface area (Å²) in [6.45, 7) is 3.92. The molecule has 1 aliphatic rings. The van der Waals surface area contributed by atoms with Gasteiger partial charge >= 0.3 is 0 Å². The number of hydrogen-bond donors (Lipinski definition) is 1. The maximum atomic E-state index is 13.3. The van der Waals surface area contributed by atoms with Crippen LogP contribution >= 0.6 is 0 Å². The van der Waals surface area contributed by atoms with Gasteiger partial charge in [-0.2, -0.15) is 4.31 Å². The number of carbonyl (C=O) groups excluding carboxylic acids is 2. The molecule has 31 heavy (non-hydrogen) atoms. The Morgan fingerprint density at radius 3 is 2.32 bits per heavy atom. The van der Waals surface area contributed by atoms with Gasteiger partial charge in [-0.25, -0.2) is 8.42 Å². The highest BCUT2D eigenvalue weighted by atomic mass is 32.2. The Bertz CT molecular complexity index is 1040. The number of rotatable bonds is 7. The van der Waals surface area contributed by atoms with Gasteiger partial charge in [-0.05, 0) is 31.4 Å². The topological polar surface area (TPSA) is 86.8 Å². The van der Waals surface area contributed by atoms with Crippen LogP contribution in [0.15, 0.2) is 54.6 Å². The Morgan fingerprint density at radius 1 is 1.06 bits per heavy atom. The molecule has 0 unspecified atom stereocenters. The Kier molecular flexibility index (Phi) is 6.81. The number of hydrogen-bond acceptors (Lipinski definition) is 4. The van der Waals surface area contributed by atoms with E-state index in [4.69, 9.17) is 0 Å². The number of nitrogens with one attached hydrogen (secondary N) is 1. The van der Waals surface area contributed by atoms with E-state index in [0.29, 0.717) is 19.5 Å². The van der Waals surface area contributed by atoms with Gasteiger partial charge in [0, 0.05) is 19.6 Å². The molecule has 1 saturated heterocycles. The van der Waals surface area contributed by atoms with Crippen LogP contribution in [0.3, 0.4) is 0 Å². The van der Waals surface area contributed by atoms with Gasteiger partial charge in [-0.1, -0.05) is 60.2 Å². The maximum Gasteiger partial charge on any atom is 0.247 e. The quantitative estimate of drug-likeness (QED) is 0.706. The molecule has 0 radical (unpaired) electrons. The van der Waals surface area contributed by atoms with Gasteiger partial charge in [-0.3, -0.25) is 9.59 Å². The molecule has 7 nitrogen and oxygen atoms in total. The van der Waals surface area contributed by atoms with Crippen molar-refractivity contribution in [3.63, 3.8) is 0 Å². The minimum Gasteiger partial charge on any atom is -0.350 e. The monoisotopic (exact) mass is 443 g/mol. The summed E-state index contributed by atoms with van der Waals surface area (Å²) < 4.78 is 25.4. The summed E-state index contributed by atoms with van der Waals surface area (Å²) in [5.74, 6) is -0.747. The van der Waals surface area contributed by atoms with Gasteiger partial charge in [0.05, 0.1) is 12.8 Å². The van der Waals surface area contributed by atoms with E-state index in [2.05, 4.69) is 5.32 Å². The SMILES string of the molecule is Cc1ccc(CNC(=O)[C@]2(C)CN(S(C)(=O)=O)CC(=O)N2CCc2ccccc2)cc1. The number of sulfonamides is 1. The van der Waals surface area contributed by atoms with E-state index in [1.165, 1.54) is 4.90 Å². The summed E-state index contributed by atoms with van der Waals surface area (Å²) in [6.07, 6.45) is 1.64. The highest BCUT2D eigenvalue weighted by Crippen LogP contribution is 2.25. The molecule has 3 rings (SSSR count). The largest absolute Gasteiger partial charge is 0.350 e. The lowest BCUT2D eigenvalue weighted by Gasteiger charge is -2.46. The summed E-state index contributed by atoms with van der Waals surface area (Å²) in [4.78, 5) is 27.7. The van der Waals surface area contributed by atoms with Crippen LogP contribution in [0.5, 0.6) is 0 Å². The fraction of sp³-hybridized carbons (Fsp3) is 0.391. The number of benzene rings is 2. The second-order valence-electron chi connectivity index (χ2n) is 8.25. The molecule has 1 heterocycles. The molecule has 0 saturated carbocycles. The summed E-state index contributed by atoms with van der Waals surface area (Å²) in [7, 11) is -3.62. The second-order valence-corrected chi connectivity index (χ2v) is 10.2. The Morgan fingerprint density at radius 2 is 1.71 bits per heavy atom. The molecule has 1 aliphatic heterocycles. The number of nitrogens with zero attached hydrogens (tertiary/aromatic N) is 2. The van der Waals surface area contributed by atoms with Crippen LogP contribution in [0.2, 0.25) is 0 Å². The standard InChI is InChI=1S/C23H29N3O4S/c1-18-9-11-20(12-10-18)15-24-22(28)23(2)17-25(31(3,29)30)16-21(27)26(23)14-13-19-7-5-4-6-8-19/h4-12H,13-17H2,1-3H3,(H,24,28)/t23-/m0/s1. The number of amides is 2. The van der Waals surface area contributed by atoms with Crippen LogP contribution in [-0.2, 0) is 32.6 Å². The van der Waals surface area contributed by atoms with Crippen LogP contribution in [0.1, 0.15) is 23.6 Å². The van der Waals surface area contributed by atoms with E-state index >= 15 is 0 Å². The number of carbonyl (C=O) groups is 2. The molecule has 0 aromatic heterocycles. The lowest BCUT2D eigenvalue weighted by atomic mass is 9.94. The fourth-order valence-corrected chi connectivity index (χ4v) is 4.59. The zero-order valence-electron chi connectivity index (χ0n) is 18.2. The molecule has 0 spiro atoms. The molecule has 2 aromatic carbocycles. The molecule has 166 valence electrons. The van der Waals surface area contributed by atoms with E-state index in [1.807, 2.05) is 61.5 Å². The minimum atomic E-state index is -3.62. The van der Waals surface area contributed by atoms with Gasteiger partial charge in [0.2, 0.25) is 21.8 Å². The third-order valence-electron chi connectivity index (χ3n) is 5.69. The van der Waals surface area contributed by atoms with Crippen LogP contribution in [0, 0.1) is 6.92 Å². The predicted molar refractivity (Wildman–Crippen MR) is 120 cm³/mol. The van der Waals surface area contributed by atoms with Crippen molar-refractivity contribution in [2.75, 3.05) is 25.9 Å². The van der Waals surface area contributed by atoms with Crippen LogP contribution in [-0.4, -0.2) is 60.9 Å². The summed E-state index contributed by atoms with van der Waals surface area (Å²) in [6, 6.07) is 17.5. The van der Waals surface area contributed by atoms with Crippen molar-refractivity contribution in [2.24, 2.45) is 0 Å². The van der Waals surface area contributed by atoms with Crippen molar-refractivity contribution in [3.8, 4) is 0 Å². The molecule has 1 fully saturated rings.